The maximum absolute atomic E-state index is 14.0. The lowest BCUT2D eigenvalue weighted by Gasteiger charge is -2.64. The number of unbranched alkanes of at least 4 members (excludes halogenated alkanes) is 1. The molecule has 47 heavy (non-hydrogen) atoms. The molecule has 2 bridgehead atoms. The number of hydrogen-bond acceptors (Lipinski definition) is 9. The second kappa shape index (κ2) is 15.1. The van der Waals surface area contributed by atoms with E-state index in [0.717, 1.165) is 25.7 Å². The molecule has 6 atom stereocenters. The Hall–Kier alpha value is -2.91. The maximum Gasteiger partial charge on any atom is 0.481 e. The number of carbonyl (C=O) groups is 1. The molecule has 3 aliphatic carbocycles. The molecule has 3 saturated carbocycles. The molecule has 4 aliphatic rings. The van der Waals surface area contributed by atoms with Gasteiger partial charge in [-0.15, -0.1) is 0 Å². The van der Waals surface area contributed by atoms with Gasteiger partial charge in [0.25, 0.3) is 5.96 Å². The molecule has 0 radical (unpaired) electrons. The van der Waals surface area contributed by atoms with Gasteiger partial charge in [-0.3, -0.25) is 4.79 Å². The third kappa shape index (κ3) is 8.77. The van der Waals surface area contributed by atoms with E-state index < -0.39 is 51.1 Å². The van der Waals surface area contributed by atoms with Gasteiger partial charge in [0.2, 0.25) is 5.91 Å². The number of sulfone groups is 1. The summed E-state index contributed by atoms with van der Waals surface area (Å²) in [6.07, 6.45) is 4.86. The number of amides is 1. The molecule has 0 aromatic heterocycles. The average Bonchev–Trinajstić information content (AvgIpc) is 3.35. The fourth-order valence-electron chi connectivity index (χ4n) is 7.51. The highest BCUT2D eigenvalue weighted by Crippen LogP contribution is 2.65. The van der Waals surface area contributed by atoms with Crippen LogP contribution in [0.25, 0.3) is 0 Å². The van der Waals surface area contributed by atoms with Gasteiger partial charge in [0.05, 0.1) is 40.8 Å². The van der Waals surface area contributed by atoms with E-state index in [1.54, 1.807) is 17.6 Å². The van der Waals surface area contributed by atoms with Gasteiger partial charge in [-0.1, -0.05) is 46.5 Å². The van der Waals surface area contributed by atoms with Gasteiger partial charge in [0.15, 0.2) is 14.9 Å². The number of benzene rings is 1. The molecular formula is C32H52BN5O8S. The first kappa shape index (κ1) is 36.9. The molecule has 5 rings (SSSR count). The molecule has 1 aromatic carbocycles. The van der Waals surface area contributed by atoms with Gasteiger partial charge in [-0.2, -0.15) is 0 Å². The molecule has 0 spiro atoms. The van der Waals surface area contributed by atoms with E-state index in [1.165, 1.54) is 12.1 Å². The third-order valence-corrected chi connectivity index (χ3v) is 12.1. The Morgan fingerprint density at radius 3 is 2.53 bits per heavy atom. The van der Waals surface area contributed by atoms with E-state index in [4.69, 9.17) is 19.8 Å². The zero-order valence-corrected chi connectivity index (χ0v) is 29.4. The fraction of sp³-hybridized carbons (Fsp3) is 0.750. The molecule has 13 nitrogen and oxygen atoms in total. The van der Waals surface area contributed by atoms with E-state index in [1.807, 2.05) is 0 Å². The number of hydrogen-bond donors (Lipinski definition) is 3. The number of nitrogens with two attached hydrogens (primary N) is 1. The molecule has 4 fully saturated rings. The summed E-state index contributed by atoms with van der Waals surface area (Å²) in [6.45, 7) is 13.5. The van der Waals surface area contributed by atoms with Crippen LogP contribution in [0.5, 0.6) is 5.75 Å². The average molecular weight is 678 g/mol. The van der Waals surface area contributed by atoms with Crippen LogP contribution in [0.4, 0.5) is 0 Å². The molecule has 1 aliphatic heterocycles. The number of ether oxygens (including phenoxy) is 1. The minimum Gasteiger partial charge on any atom is -0.494 e. The Bertz CT molecular complexity index is 1390. The van der Waals surface area contributed by atoms with Gasteiger partial charge in [-0.05, 0) is 92.9 Å². The highest BCUT2D eigenvalue weighted by Gasteiger charge is 2.68. The number of nitrogens with one attached hydrogen (secondary N) is 2. The van der Waals surface area contributed by atoms with Crippen LogP contribution < -0.4 is 21.2 Å². The lowest BCUT2D eigenvalue weighted by atomic mass is 9.43. The standard InChI is InChI=1S/C32H52BN5O8S/c1-7-8-16-44-24-11-13-25(14-12-24)47(42,43)20-22(10-9-15-35-30(34)37-38(40)41)29(39)36-28(17-21(2)3)33-45-27-19-23-18-26(31(23,4)5)32(27,6)46-33/h11-14,21-23,26-28H,7-10,15-20H2,1-6H3,(H,36,39)(H3,34,35,37)/t22-,23-,26-,27-,28+,32+/m1/s1. The van der Waals surface area contributed by atoms with Crippen molar-refractivity contribution in [2.75, 3.05) is 18.9 Å². The van der Waals surface area contributed by atoms with Gasteiger partial charge < -0.3 is 25.1 Å². The first-order valence-corrected chi connectivity index (χ1v) is 18.5. The van der Waals surface area contributed by atoms with Crippen LogP contribution in [0, 0.1) is 39.2 Å². The molecule has 0 unspecified atom stereocenters. The van der Waals surface area contributed by atoms with Crippen molar-refractivity contribution in [2.24, 2.45) is 39.8 Å². The molecule has 262 valence electrons. The van der Waals surface area contributed by atoms with E-state index >= 15 is 0 Å². The summed E-state index contributed by atoms with van der Waals surface area (Å²) in [4.78, 5) is 28.6. The minimum atomic E-state index is -3.88. The summed E-state index contributed by atoms with van der Waals surface area (Å²) in [5, 5.41) is 12.9. The van der Waals surface area contributed by atoms with Gasteiger partial charge in [0, 0.05) is 6.54 Å². The van der Waals surface area contributed by atoms with Crippen LogP contribution in [0.3, 0.4) is 0 Å². The van der Waals surface area contributed by atoms with E-state index in [-0.39, 0.29) is 47.7 Å². The Morgan fingerprint density at radius 1 is 1.21 bits per heavy atom. The zero-order valence-electron chi connectivity index (χ0n) is 28.6. The summed E-state index contributed by atoms with van der Waals surface area (Å²) in [7, 11) is -4.53. The Morgan fingerprint density at radius 2 is 1.91 bits per heavy atom. The second-order valence-corrected chi connectivity index (χ2v) is 16.5. The topological polar surface area (TPSA) is 184 Å². The van der Waals surface area contributed by atoms with Gasteiger partial charge >= 0.3 is 7.12 Å². The molecule has 1 saturated heterocycles. The second-order valence-electron chi connectivity index (χ2n) is 14.5. The lowest BCUT2D eigenvalue weighted by Crippen LogP contribution is -2.65. The normalized spacial score (nSPS) is 26.2. The largest absolute Gasteiger partial charge is 0.494 e. The van der Waals surface area contributed by atoms with E-state index in [9.17, 15) is 23.3 Å². The number of hydrazine groups is 1. The van der Waals surface area contributed by atoms with Crippen LogP contribution in [0.2, 0.25) is 0 Å². The Labute approximate surface area is 279 Å². The van der Waals surface area contributed by atoms with Crippen LogP contribution >= 0.6 is 0 Å². The van der Waals surface area contributed by atoms with Crippen molar-refractivity contribution in [2.45, 2.75) is 109 Å². The lowest BCUT2D eigenvalue weighted by molar-refractivity contribution is -0.525. The quantitative estimate of drug-likeness (QED) is 0.0545. The zero-order chi connectivity index (χ0) is 34.6. The fourth-order valence-corrected chi connectivity index (χ4v) is 9.10. The van der Waals surface area contributed by atoms with Crippen molar-refractivity contribution in [3.63, 3.8) is 0 Å². The van der Waals surface area contributed by atoms with Crippen LogP contribution in [-0.4, -0.2) is 69.0 Å². The summed E-state index contributed by atoms with van der Waals surface area (Å²) >= 11 is 0. The monoisotopic (exact) mass is 677 g/mol. The molecule has 1 amide bonds. The Kier molecular flexibility index (Phi) is 11.9. The Balaban J connectivity index is 1.50. The summed E-state index contributed by atoms with van der Waals surface area (Å²) in [5.41, 5.74) is 7.03. The van der Waals surface area contributed by atoms with E-state index in [0.29, 0.717) is 30.6 Å². The first-order valence-electron chi connectivity index (χ1n) is 16.9. The number of nitro groups is 1. The van der Waals surface area contributed by atoms with Crippen LogP contribution in [0.15, 0.2) is 34.2 Å². The van der Waals surface area contributed by atoms with Crippen molar-refractivity contribution < 1.29 is 32.3 Å². The van der Waals surface area contributed by atoms with Crippen molar-refractivity contribution in [3.05, 3.63) is 34.4 Å². The smallest absolute Gasteiger partial charge is 0.481 e. The third-order valence-electron chi connectivity index (χ3n) is 10.3. The SMILES string of the molecule is CCCCOc1ccc(S(=O)(=O)C[C@@H](CCCN=C(N)N[N+](=O)[O-])C(=O)N[C@@H](CC(C)C)B2O[C@@H]3C[C@H]4C[C@H](C4(C)C)[C@]3(C)O2)cc1. The predicted molar refractivity (Wildman–Crippen MR) is 180 cm³/mol. The number of nitrogens with zero attached hydrogens (tertiary/aromatic N) is 2. The molecular weight excluding hydrogens is 625 g/mol. The van der Waals surface area contributed by atoms with Crippen LogP contribution in [0.1, 0.15) is 86.5 Å². The van der Waals surface area contributed by atoms with E-state index in [2.05, 4.69) is 51.9 Å². The number of rotatable bonds is 17. The number of carbonyl (C=O) groups excluding carboxylic acids is 1. The van der Waals surface area contributed by atoms with Crippen molar-refractivity contribution >= 4 is 28.8 Å². The highest BCUT2D eigenvalue weighted by molar-refractivity contribution is 7.91. The van der Waals surface area contributed by atoms with Gasteiger partial charge in [-0.25, -0.2) is 23.5 Å². The number of guanidine groups is 1. The van der Waals surface area contributed by atoms with Crippen molar-refractivity contribution in [3.8, 4) is 5.75 Å². The molecule has 15 heteroatoms. The molecule has 1 heterocycles. The van der Waals surface area contributed by atoms with Crippen molar-refractivity contribution in [1.82, 2.24) is 10.7 Å². The van der Waals surface area contributed by atoms with Gasteiger partial charge in [0.1, 0.15) is 5.75 Å². The predicted octanol–water partition coefficient (Wildman–Crippen LogP) is 3.93. The molecule has 1 aromatic rings. The minimum absolute atomic E-state index is 0.0583. The summed E-state index contributed by atoms with van der Waals surface area (Å²) in [6, 6.07) is 6.24. The van der Waals surface area contributed by atoms with Crippen LogP contribution in [-0.2, 0) is 23.9 Å². The van der Waals surface area contributed by atoms with Crippen molar-refractivity contribution in [1.29, 1.82) is 0 Å². The number of aliphatic imine (C=N–C) groups is 1. The maximum atomic E-state index is 14.0. The first-order chi connectivity index (χ1) is 22.1. The highest BCUT2D eigenvalue weighted by atomic mass is 32.2. The summed E-state index contributed by atoms with van der Waals surface area (Å²) < 4.78 is 46.1. The molecule has 4 N–H and O–H groups in total. The summed E-state index contributed by atoms with van der Waals surface area (Å²) in [5.74, 6) is -0.903.